The highest BCUT2D eigenvalue weighted by atomic mass is 32.2. The van der Waals surface area contributed by atoms with Crippen LogP contribution in [-0.2, 0) is 0 Å². The van der Waals surface area contributed by atoms with E-state index in [2.05, 4.69) is 43.1 Å². The van der Waals surface area contributed by atoms with Crippen LogP contribution in [0.5, 0.6) is 0 Å². The first kappa shape index (κ1) is 11.3. The first-order chi connectivity index (χ1) is 6.83. The maximum absolute atomic E-state index is 3.66. The van der Waals surface area contributed by atoms with Crippen molar-refractivity contribution in [2.45, 2.75) is 11.8 Å². The molecule has 0 aromatic heterocycles. The van der Waals surface area contributed by atoms with Gasteiger partial charge in [-0.1, -0.05) is 23.8 Å². The second kappa shape index (κ2) is 6.68. The van der Waals surface area contributed by atoms with Gasteiger partial charge >= 0.3 is 0 Å². The highest BCUT2D eigenvalue weighted by molar-refractivity contribution is 7.99. The van der Waals surface area contributed by atoms with E-state index in [0.717, 1.165) is 18.8 Å². The van der Waals surface area contributed by atoms with Gasteiger partial charge < -0.3 is 5.32 Å². The number of aryl methyl sites for hydroxylation is 1. The standard InChI is InChI=1S/C12H17NS/c1-3-7-13-8-9-14-12-6-4-5-11(2)10-12/h3-6,10,13H,1,7-9H2,2H3. The van der Waals surface area contributed by atoms with Gasteiger partial charge in [0.2, 0.25) is 0 Å². The van der Waals surface area contributed by atoms with Gasteiger partial charge in [-0.05, 0) is 19.1 Å². The van der Waals surface area contributed by atoms with E-state index in [1.54, 1.807) is 0 Å². The fourth-order valence-corrected chi connectivity index (χ4v) is 2.08. The molecule has 76 valence electrons. The molecule has 14 heavy (non-hydrogen) atoms. The van der Waals surface area contributed by atoms with Crippen LogP contribution in [0.1, 0.15) is 5.56 Å². The summed E-state index contributed by atoms with van der Waals surface area (Å²) in [6, 6.07) is 8.61. The number of hydrogen-bond acceptors (Lipinski definition) is 2. The number of benzene rings is 1. The van der Waals surface area contributed by atoms with Crippen molar-refractivity contribution in [2.75, 3.05) is 18.8 Å². The smallest absolute Gasteiger partial charge is 0.0132 e. The minimum atomic E-state index is 0.897. The zero-order valence-corrected chi connectivity index (χ0v) is 9.44. The van der Waals surface area contributed by atoms with Crippen molar-refractivity contribution in [2.24, 2.45) is 0 Å². The van der Waals surface area contributed by atoms with E-state index in [1.165, 1.54) is 10.5 Å². The van der Waals surface area contributed by atoms with Crippen LogP contribution in [0.4, 0.5) is 0 Å². The van der Waals surface area contributed by atoms with Gasteiger partial charge in [0.15, 0.2) is 0 Å². The highest BCUT2D eigenvalue weighted by Crippen LogP contribution is 2.17. The summed E-state index contributed by atoms with van der Waals surface area (Å²) in [6.45, 7) is 7.71. The molecule has 0 unspecified atom stereocenters. The Labute approximate surface area is 90.6 Å². The van der Waals surface area contributed by atoms with Crippen molar-refractivity contribution in [3.05, 3.63) is 42.5 Å². The lowest BCUT2D eigenvalue weighted by atomic mass is 10.2. The van der Waals surface area contributed by atoms with Gasteiger partial charge in [-0.15, -0.1) is 18.3 Å². The van der Waals surface area contributed by atoms with Gasteiger partial charge in [0.25, 0.3) is 0 Å². The summed E-state index contributed by atoms with van der Waals surface area (Å²) >= 11 is 1.89. The topological polar surface area (TPSA) is 12.0 Å². The molecular weight excluding hydrogens is 190 g/mol. The molecule has 1 N–H and O–H groups in total. The van der Waals surface area contributed by atoms with Crippen LogP contribution in [0.3, 0.4) is 0 Å². The van der Waals surface area contributed by atoms with E-state index in [9.17, 15) is 0 Å². The zero-order valence-electron chi connectivity index (χ0n) is 8.62. The molecule has 0 amide bonds. The Morgan fingerprint density at radius 2 is 2.36 bits per heavy atom. The van der Waals surface area contributed by atoms with E-state index in [-0.39, 0.29) is 0 Å². The van der Waals surface area contributed by atoms with E-state index in [1.807, 2.05) is 17.8 Å². The molecule has 0 aliphatic carbocycles. The SMILES string of the molecule is C=CCNCCSc1cccc(C)c1. The minimum Gasteiger partial charge on any atom is -0.312 e. The van der Waals surface area contributed by atoms with Crippen molar-refractivity contribution in [3.8, 4) is 0 Å². The molecule has 0 spiro atoms. The molecule has 0 atom stereocenters. The van der Waals surface area contributed by atoms with Crippen molar-refractivity contribution in [3.63, 3.8) is 0 Å². The second-order valence-corrected chi connectivity index (χ2v) is 4.33. The van der Waals surface area contributed by atoms with Gasteiger partial charge in [0.05, 0.1) is 0 Å². The second-order valence-electron chi connectivity index (χ2n) is 3.16. The molecular formula is C12H17NS. The van der Waals surface area contributed by atoms with Crippen LogP contribution in [0.25, 0.3) is 0 Å². The van der Waals surface area contributed by atoms with Crippen molar-refractivity contribution >= 4 is 11.8 Å². The summed E-state index contributed by atoms with van der Waals surface area (Å²) in [4.78, 5) is 1.35. The first-order valence-corrected chi connectivity index (χ1v) is 5.82. The number of hydrogen-bond donors (Lipinski definition) is 1. The molecule has 2 heteroatoms. The quantitative estimate of drug-likeness (QED) is 0.437. The summed E-state index contributed by atoms with van der Waals surface area (Å²) < 4.78 is 0. The molecule has 0 aliphatic rings. The Kier molecular flexibility index (Phi) is 5.42. The summed E-state index contributed by atoms with van der Waals surface area (Å²) in [6.07, 6.45) is 1.89. The van der Waals surface area contributed by atoms with Crippen molar-refractivity contribution in [1.29, 1.82) is 0 Å². The lowest BCUT2D eigenvalue weighted by Gasteiger charge is -2.03. The number of nitrogens with one attached hydrogen (secondary N) is 1. The van der Waals surface area contributed by atoms with Crippen molar-refractivity contribution in [1.82, 2.24) is 5.32 Å². The highest BCUT2D eigenvalue weighted by Gasteiger charge is 1.93. The van der Waals surface area contributed by atoms with Crippen LogP contribution in [0.2, 0.25) is 0 Å². The average Bonchev–Trinajstić information content (AvgIpc) is 2.18. The molecule has 1 aromatic rings. The predicted octanol–water partition coefficient (Wildman–Crippen LogP) is 2.86. The van der Waals surface area contributed by atoms with Gasteiger partial charge in [0, 0.05) is 23.7 Å². The third-order valence-electron chi connectivity index (χ3n) is 1.83. The third-order valence-corrected chi connectivity index (χ3v) is 2.82. The number of rotatable bonds is 6. The monoisotopic (exact) mass is 207 g/mol. The Balaban J connectivity index is 2.21. The van der Waals surface area contributed by atoms with Crippen molar-refractivity contribution < 1.29 is 0 Å². The maximum Gasteiger partial charge on any atom is 0.0132 e. The Bertz CT molecular complexity index is 283. The van der Waals surface area contributed by atoms with Gasteiger partial charge in [-0.25, -0.2) is 0 Å². The number of thioether (sulfide) groups is 1. The molecule has 0 radical (unpaired) electrons. The molecule has 1 rings (SSSR count). The average molecular weight is 207 g/mol. The lowest BCUT2D eigenvalue weighted by Crippen LogP contribution is -2.16. The van der Waals surface area contributed by atoms with Gasteiger partial charge in [-0.3, -0.25) is 0 Å². The Morgan fingerprint density at radius 3 is 3.07 bits per heavy atom. The van der Waals surface area contributed by atoms with Gasteiger partial charge in [-0.2, -0.15) is 0 Å². The molecule has 0 fully saturated rings. The molecule has 0 bridgehead atoms. The van der Waals surface area contributed by atoms with Crippen LogP contribution >= 0.6 is 11.8 Å². The van der Waals surface area contributed by atoms with Gasteiger partial charge in [0.1, 0.15) is 0 Å². The summed E-state index contributed by atoms with van der Waals surface area (Å²) in [5, 5.41) is 3.28. The normalized spacial score (nSPS) is 10.1. The van der Waals surface area contributed by atoms with Crippen LogP contribution in [0, 0.1) is 6.92 Å². The fourth-order valence-electron chi connectivity index (χ4n) is 1.15. The zero-order chi connectivity index (χ0) is 10.2. The van der Waals surface area contributed by atoms with Crippen LogP contribution < -0.4 is 5.32 Å². The Hall–Kier alpha value is -0.730. The van der Waals surface area contributed by atoms with E-state index in [0.29, 0.717) is 0 Å². The van der Waals surface area contributed by atoms with E-state index in [4.69, 9.17) is 0 Å². The minimum absolute atomic E-state index is 0.897. The van der Waals surface area contributed by atoms with Crippen LogP contribution in [0.15, 0.2) is 41.8 Å². The summed E-state index contributed by atoms with van der Waals surface area (Å²) in [5.41, 5.74) is 1.33. The molecule has 0 saturated carbocycles. The lowest BCUT2D eigenvalue weighted by molar-refractivity contribution is 0.807. The molecule has 0 saturated heterocycles. The molecule has 0 heterocycles. The van der Waals surface area contributed by atoms with E-state index < -0.39 is 0 Å². The maximum atomic E-state index is 3.66. The fraction of sp³-hybridized carbons (Fsp3) is 0.333. The summed E-state index contributed by atoms with van der Waals surface area (Å²) in [5.74, 6) is 1.11. The largest absolute Gasteiger partial charge is 0.312 e. The molecule has 1 aromatic carbocycles. The molecule has 1 nitrogen and oxygen atoms in total. The predicted molar refractivity (Wildman–Crippen MR) is 65.0 cm³/mol. The van der Waals surface area contributed by atoms with Crippen LogP contribution in [-0.4, -0.2) is 18.8 Å². The Morgan fingerprint density at radius 1 is 1.50 bits per heavy atom. The summed E-state index contributed by atoms with van der Waals surface area (Å²) in [7, 11) is 0. The molecule has 0 aliphatic heterocycles. The van der Waals surface area contributed by atoms with E-state index >= 15 is 0 Å². The third kappa shape index (κ3) is 4.49. The first-order valence-electron chi connectivity index (χ1n) is 4.84.